The molecule has 1 aromatic rings. The van der Waals surface area contributed by atoms with Gasteiger partial charge in [-0.1, -0.05) is 34.1 Å². The van der Waals surface area contributed by atoms with Crippen molar-refractivity contribution >= 4 is 29.2 Å². The summed E-state index contributed by atoms with van der Waals surface area (Å²) in [5, 5.41) is 14.9. The van der Waals surface area contributed by atoms with Gasteiger partial charge in [0.15, 0.2) is 0 Å². The van der Waals surface area contributed by atoms with Crippen LogP contribution in [0.2, 0.25) is 0 Å². The number of aliphatic carboxylic acids is 1. The highest BCUT2D eigenvalue weighted by molar-refractivity contribution is 7.07. The fraction of sp³-hybridized carbons (Fsp3) is 0.829. The van der Waals surface area contributed by atoms with Crippen LogP contribution < -0.4 is 5.32 Å². The minimum atomic E-state index is -1.13. The molecule has 5 aliphatic rings. The maximum atomic E-state index is 13.2. The number of thiazole rings is 1. The highest BCUT2D eigenvalue weighted by Gasteiger charge is 2.66. The van der Waals surface area contributed by atoms with Gasteiger partial charge in [-0.15, -0.1) is 11.3 Å². The van der Waals surface area contributed by atoms with Crippen LogP contribution in [0.5, 0.6) is 0 Å². The second kappa shape index (κ2) is 10.6. The summed E-state index contributed by atoms with van der Waals surface area (Å²) in [6, 6.07) is 0. The number of fused-ring (bicyclic) bond motifs is 7. The summed E-state index contributed by atoms with van der Waals surface area (Å²) in [5.41, 5.74) is 1.40. The third-order valence-electron chi connectivity index (χ3n) is 13.9. The second-order valence-electron chi connectivity index (χ2n) is 16.7. The first-order valence-electron chi connectivity index (χ1n) is 16.8. The van der Waals surface area contributed by atoms with Crippen LogP contribution in [0.15, 0.2) is 10.9 Å². The molecule has 6 rings (SSSR count). The van der Waals surface area contributed by atoms with Crippen LogP contribution >= 0.6 is 11.3 Å². The van der Waals surface area contributed by atoms with Gasteiger partial charge in [0.05, 0.1) is 17.3 Å². The number of hydrogen-bond acceptors (Lipinski definition) is 6. The number of esters is 1. The van der Waals surface area contributed by atoms with E-state index in [1.807, 2.05) is 5.38 Å². The minimum Gasteiger partial charge on any atom is -0.481 e. The van der Waals surface area contributed by atoms with Crippen LogP contribution in [0, 0.1) is 51.2 Å². The molecule has 0 aromatic carbocycles. The lowest BCUT2D eigenvalue weighted by atomic mass is 9.36. The summed E-state index contributed by atoms with van der Waals surface area (Å²) in [6.45, 7) is 12.9. The predicted octanol–water partition coefficient (Wildman–Crippen LogP) is 7.50. The van der Waals surface area contributed by atoms with E-state index in [1.54, 1.807) is 19.4 Å². The Labute approximate surface area is 261 Å². The number of aromatic nitrogens is 1. The van der Waals surface area contributed by atoms with Crippen LogP contribution in [0.3, 0.4) is 0 Å². The highest BCUT2D eigenvalue weighted by atomic mass is 32.1. The molecule has 238 valence electrons. The van der Waals surface area contributed by atoms with Gasteiger partial charge in [-0.2, -0.15) is 0 Å². The third kappa shape index (κ3) is 4.87. The van der Waals surface area contributed by atoms with Gasteiger partial charge in [0, 0.05) is 16.3 Å². The van der Waals surface area contributed by atoms with Gasteiger partial charge in [0.2, 0.25) is 0 Å². The molecular weight excluding hydrogens is 560 g/mol. The van der Waals surface area contributed by atoms with E-state index in [0.717, 1.165) is 32.1 Å². The normalized spacial score (nSPS) is 41.6. The topological polar surface area (TPSA) is 106 Å². The van der Waals surface area contributed by atoms with E-state index >= 15 is 0 Å². The van der Waals surface area contributed by atoms with Gasteiger partial charge in [-0.25, -0.2) is 4.98 Å². The lowest BCUT2D eigenvalue weighted by molar-refractivity contribution is -0.220. The molecule has 1 amide bonds. The van der Waals surface area contributed by atoms with Crippen molar-refractivity contribution in [2.75, 3.05) is 0 Å². The number of nitrogens with one attached hydrogen (secondary N) is 1. The molecule has 2 N–H and O–H groups in total. The van der Waals surface area contributed by atoms with Crippen molar-refractivity contribution < 1.29 is 24.2 Å². The lowest BCUT2D eigenvalue weighted by Gasteiger charge is -2.69. The zero-order valence-electron chi connectivity index (χ0n) is 27.0. The van der Waals surface area contributed by atoms with Crippen molar-refractivity contribution in [1.29, 1.82) is 0 Å². The molecule has 8 heteroatoms. The molecule has 0 aliphatic heterocycles. The molecule has 5 aliphatic carbocycles. The van der Waals surface area contributed by atoms with E-state index in [0.29, 0.717) is 35.3 Å². The summed E-state index contributed by atoms with van der Waals surface area (Å²) >= 11 is 1.48. The summed E-state index contributed by atoms with van der Waals surface area (Å²) in [6.07, 6.45) is 12.2. The maximum Gasteiger partial charge on any atom is 0.309 e. The molecule has 0 spiro atoms. The number of carbonyl (C=O) groups excluding carboxylic acids is 2. The second-order valence-corrected chi connectivity index (χ2v) is 17.4. The molecule has 7 nitrogen and oxygen atoms in total. The standard InChI is InChI=1S/C35H52N2O5S/c1-31(2,30(40)41)18-28(38)42-27-13-16-34(6)25(32(27,3)4)12-15-33(5)22-11-17-35(37-29(39)24-19-43-20-36-24)14-7-8-23(35)21(22)9-10-26(33)34/h19-23,25-27H,7-18H2,1-6H3,(H,37,39)(H,40,41). The molecule has 1 heterocycles. The molecule has 0 saturated heterocycles. The SMILES string of the molecule is CC(C)(CC(=O)OC1CCC2(C)C(CCC3(C)C4CCC5(NC(=O)c6cscn6)CCCC5C4CCC32)C1(C)C)C(=O)O. The van der Waals surface area contributed by atoms with E-state index < -0.39 is 11.4 Å². The number of hydrogen-bond donors (Lipinski definition) is 2. The Hall–Kier alpha value is -1.96. The molecule has 9 atom stereocenters. The zero-order chi connectivity index (χ0) is 31.0. The van der Waals surface area contributed by atoms with Gasteiger partial charge < -0.3 is 15.2 Å². The quantitative estimate of drug-likeness (QED) is 0.322. The monoisotopic (exact) mass is 612 g/mol. The number of nitrogens with zero attached hydrogens (tertiary/aromatic N) is 1. The molecule has 9 unspecified atom stereocenters. The Bertz CT molecular complexity index is 1260. The van der Waals surface area contributed by atoms with Crippen molar-refractivity contribution in [2.45, 2.75) is 130 Å². The molecule has 1 aromatic heterocycles. The van der Waals surface area contributed by atoms with Crippen LogP contribution in [-0.4, -0.2) is 39.6 Å². The fourth-order valence-corrected chi connectivity index (χ4v) is 12.4. The van der Waals surface area contributed by atoms with Crippen molar-refractivity contribution in [3.05, 3.63) is 16.6 Å². The van der Waals surface area contributed by atoms with Crippen LogP contribution in [0.4, 0.5) is 0 Å². The number of amides is 1. The van der Waals surface area contributed by atoms with Gasteiger partial charge in [0.25, 0.3) is 5.91 Å². The molecule has 5 saturated carbocycles. The third-order valence-corrected chi connectivity index (χ3v) is 14.5. The van der Waals surface area contributed by atoms with E-state index in [4.69, 9.17) is 4.74 Å². The Morgan fingerprint density at radius 2 is 1.70 bits per heavy atom. The first-order valence-corrected chi connectivity index (χ1v) is 17.7. The lowest BCUT2D eigenvalue weighted by Crippen LogP contribution is -2.65. The number of carboxylic acid groups (broad SMARTS) is 1. The number of ether oxygens (including phenoxy) is 1. The molecular formula is C35H52N2O5S. The fourth-order valence-electron chi connectivity index (χ4n) is 11.9. The largest absolute Gasteiger partial charge is 0.481 e. The molecule has 5 fully saturated rings. The number of carboxylic acids is 1. The minimum absolute atomic E-state index is 0.00531. The van der Waals surface area contributed by atoms with Crippen LogP contribution in [-0.2, 0) is 14.3 Å². The summed E-state index contributed by atoms with van der Waals surface area (Å²) in [4.78, 5) is 42.0. The average molecular weight is 613 g/mol. The van der Waals surface area contributed by atoms with Gasteiger partial charge >= 0.3 is 11.9 Å². The zero-order valence-corrected chi connectivity index (χ0v) is 27.9. The van der Waals surface area contributed by atoms with E-state index in [-0.39, 0.29) is 46.2 Å². The Morgan fingerprint density at radius 1 is 0.953 bits per heavy atom. The Balaban J connectivity index is 1.19. The molecule has 0 bridgehead atoms. The predicted molar refractivity (Wildman–Crippen MR) is 166 cm³/mol. The van der Waals surface area contributed by atoms with Gasteiger partial charge in [-0.05, 0) is 118 Å². The van der Waals surface area contributed by atoms with E-state index in [9.17, 15) is 19.5 Å². The van der Waals surface area contributed by atoms with Crippen molar-refractivity contribution in [2.24, 2.45) is 51.2 Å². The van der Waals surface area contributed by atoms with Crippen LogP contribution in [0.1, 0.15) is 129 Å². The number of rotatable bonds is 6. The first-order chi connectivity index (χ1) is 20.1. The van der Waals surface area contributed by atoms with Crippen molar-refractivity contribution in [3.63, 3.8) is 0 Å². The van der Waals surface area contributed by atoms with Gasteiger partial charge in [-0.3, -0.25) is 14.4 Å². The Kier molecular flexibility index (Phi) is 7.62. The number of carbonyl (C=O) groups is 3. The van der Waals surface area contributed by atoms with E-state index in [1.165, 1.54) is 49.9 Å². The first kappa shape index (κ1) is 31.0. The summed E-state index contributed by atoms with van der Waals surface area (Å²) in [7, 11) is 0. The van der Waals surface area contributed by atoms with Crippen molar-refractivity contribution in [1.82, 2.24) is 10.3 Å². The average Bonchev–Trinajstić information content (AvgIpc) is 3.60. The maximum absolute atomic E-state index is 13.2. The summed E-state index contributed by atoms with van der Waals surface area (Å²) in [5.74, 6) is 1.65. The van der Waals surface area contributed by atoms with Crippen LogP contribution in [0.25, 0.3) is 0 Å². The van der Waals surface area contributed by atoms with Gasteiger partial charge in [0.1, 0.15) is 11.8 Å². The highest BCUT2D eigenvalue weighted by Crippen LogP contribution is 2.72. The van der Waals surface area contributed by atoms with Crippen molar-refractivity contribution in [3.8, 4) is 0 Å². The summed E-state index contributed by atoms with van der Waals surface area (Å²) < 4.78 is 6.11. The smallest absolute Gasteiger partial charge is 0.309 e. The van der Waals surface area contributed by atoms with E-state index in [2.05, 4.69) is 38.0 Å². The molecule has 43 heavy (non-hydrogen) atoms. The Morgan fingerprint density at radius 3 is 2.40 bits per heavy atom. The molecule has 0 radical (unpaired) electrons.